The number of benzene rings is 1. The second-order valence-electron chi connectivity index (χ2n) is 6.70. The second kappa shape index (κ2) is 10.1. The van der Waals surface area contributed by atoms with Crippen LogP contribution in [-0.4, -0.2) is 59.1 Å². The van der Waals surface area contributed by atoms with Crippen LogP contribution in [0.25, 0.3) is 0 Å². The molecule has 0 aliphatic carbocycles. The third-order valence-corrected chi connectivity index (χ3v) is 4.97. The molecule has 8 heteroatoms. The number of nitrogens with zero attached hydrogens (tertiary/aromatic N) is 5. The van der Waals surface area contributed by atoms with Gasteiger partial charge in [-0.05, 0) is 31.5 Å². The van der Waals surface area contributed by atoms with Crippen molar-refractivity contribution in [2.24, 2.45) is 7.05 Å². The largest absolute Gasteiger partial charge is 0.495 e. The molecule has 0 N–H and O–H groups in total. The van der Waals surface area contributed by atoms with Crippen LogP contribution in [0.4, 0.5) is 5.69 Å². The third-order valence-electron chi connectivity index (χ3n) is 4.97. The number of ether oxygens (including phenoxy) is 1. The number of aromatic nitrogens is 3. The Bertz CT molecular complexity index is 890. The molecule has 1 saturated heterocycles. The first-order chi connectivity index (χ1) is 13.6. The van der Waals surface area contributed by atoms with E-state index in [1.165, 1.54) is 17.9 Å². The predicted molar refractivity (Wildman–Crippen MR) is 111 cm³/mol. The van der Waals surface area contributed by atoms with Crippen LogP contribution < -0.4 is 20.9 Å². The Kier molecular flexibility index (Phi) is 7.25. The summed E-state index contributed by atoms with van der Waals surface area (Å²) in [5.41, 5.74) is 0.304. The van der Waals surface area contributed by atoms with Gasteiger partial charge in [0.1, 0.15) is 11.9 Å². The number of hydrogen-bond donors (Lipinski definition) is 0. The smallest absolute Gasteiger partial charge is 0.347 e. The van der Waals surface area contributed by atoms with Crippen LogP contribution >= 0.6 is 0 Å². The van der Waals surface area contributed by atoms with Crippen molar-refractivity contribution in [2.75, 3.05) is 44.7 Å². The highest BCUT2D eigenvalue weighted by Gasteiger charge is 2.19. The van der Waals surface area contributed by atoms with Crippen molar-refractivity contribution in [3.05, 3.63) is 51.3 Å². The van der Waals surface area contributed by atoms with E-state index in [1.807, 2.05) is 24.3 Å². The van der Waals surface area contributed by atoms with Gasteiger partial charge in [-0.1, -0.05) is 19.6 Å². The zero-order valence-corrected chi connectivity index (χ0v) is 15.7. The molecule has 8 nitrogen and oxygen atoms in total. The lowest BCUT2D eigenvalue weighted by atomic mass is 10.2. The average molecular weight is 392 g/mol. The molecule has 0 spiro atoms. The van der Waals surface area contributed by atoms with Gasteiger partial charge in [-0.25, -0.2) is 9.48 Å². The van der Waals surface area contributed by atoms with Crippen molar-refractivity contribution in [3.63, 3.8) is 0 Å². The first kappa shape index (κ1) is 20.1. The SMILES string of the molecule is C.[3H]COc1ccccc1N1CCN(CCCCn2ncc(=O)n(C)c2=O)CC1. The van der Waals surface area contributed by atoms with Crippen LogP contribution in [0.3, 0.4) is 0 Å². The Morgan fingerprint density at radius 3 is 2.57 bits per heavy atom. The summed E-state index contributed by atoms with van der Waals surface area (Å²) in [6.45, 7) is 5.25. The Labute approximate surface area is 167 Å². The molecule has 0 atom stereocenters. The average Bonchev–Trinajstić information content (AvgIpc) is 2.72. The van der Waals surface area contributed by atoms with Gasteiger partial charge in [0.05, 0.1) is 14.1 Å². The van der Waals surface area contributed by atoms with E-state index in [0.717, 1.165) is 61.6 Å². The summed E-state index contributed by atoms with van der Waals surface area (Å²) in [5.74, 6) is 0.765. The van der Waals surface area contributed by atoms with Gasteiger partial charge in [-0.2, -0.15) is 5.10 Å². The zero-order valence-electron chi connectivity index (χ0n) is 16.7. The Morgan fingerprint density at radius 2 is 1.82 bits per heavy atom. The molecule has 0 radical (unpaired) electrons. The quantitative estimate of drug-likeness (QED) is 0.660. The molecule has 1 aliphatic heterocycles. The fourth-order valence-corrected chi connectivity index (χ4v) is 3.33. The second-order valence-corrected chi connectivity index (χ2v) is 6.70. The Hall–Kier alpha value is -2.61. The Balaban J connectivity index is 0.00000300. The summed E-state index contributed by atoms with van der Waals surface area (Å²) in [6, 6.07) is 7.87. The summed E-state index contributed by atoms with van der Waals surface area (Å²) in [7, 11) is 1.39. The molecule has 1 aliphatic rings. The highest BCUT2D eigenvalue weighted by Crippen LogP contribution is 2.28. The third kappa shape index (κ3) is 5.01. The molecule has 28 heavy (non-hydrogen) atoms. The van der Waals surface area contributed by atoms with Crippen LogP contribution in [-0.2, 0) is 13.6 Å². The number of para-hydroxylation sites is 2. The number of aryl methyl sites for hydroxylation is 1. The van der Waals surface area contributed by atoms with Crippen LogP contribution in [0.1, 0.15) is 21.6 Å². The molecular formula is C20H31N5O3. The Morgan fingerprint density at radius 1 is 1.11 bits per heavy atom. The summed E-state index contributed by atoms with van der Waals surface area (Å²) in [5, 5.41) is 3.92. The number of unbranched alkanes of at least 4 members (excludes halogenated alkanes) is 1. The van der Waals surface area contributed by atoms with Crippen molar-refractivity contribution < 1.29 is 6.11 Å². The molecule has 1 aromatic heterocycles. The molecule has 1 aromatic carbocycles. The maximum atomic E-state index is 12.0. The predicted octanol–water partition coefficient (Wildman–Crippen LogP) is 1.19. The van der Waals surface area contributed by atoms with E-state index in [0.29, 0.717) is 6.54 Å². The van der Waals surface area contributed by atoms with Crippen LogP contribution in [0, 0.1) is 0 Å². The lowest BCUT2D eigenvalue weighted by Crippen LogP contribution is -2.46. The van der Waals surface area contributed by atoms with E-state index in [1.54, 1.807) is 0 Å². The molecule has 1 fully saturated rings. The fraction of sp³-hybridized carbons (Fsp3) is 0.550. The number of hydrogen-bond acceptors (Lipinski definition) is 6. The number of piperazine rings is 1. The standard InChI is InChI=1S/C19H27N5O3.CH4/c1-21-18(25)15-20-24(19(21)26)10-6-5-9-22-11-13-23(14-12-22)16-7-3-4-8-17(16)27-2;/h3-4,7-8,15H,5-6,9-14H2,1-2H3;1H4/i2T;. The minimum absolute atomic E-state index is 0. The molecule has 0 saturated carbocycles. The van der Waals surface area contributed by atoms with E-state index in [2.05, 4.69) is 14.9 Å². The first-order valence-corrected chi connectivity index (χ1v) is 9.21. The van der Waals surface area contributed by atoms with Gasteiger partial charge in [0.15, 0.2) is 0 Å². The minimum Gasteiger partial charge on any atom is -0.495 e. The van der Waals surface area contributed by atoms with Gasteiger partial charge in [-0.15, -0.1) is 0 Å². The minimum atomic E-state index is -0.381. The summed E-state index contributed by atoms with van der Waals surface area (Å²) >= 11 is 0. The van der Waals surface area contributed by atoms with Gasteiger partial charge >= 0.3 is 5.69 Å². The van der Waals surface area contributed by atoms with Gasteiger partial charge in [0.25, 0.3) is 5.56 Å². The van der Waals surface area contributed by atoms with E-state index in [9.17, 15) is 9.59 Å². The van der Waals surface area contributed by atoms with Crippen LogP contribution in [0.15, 0.2) is 40.1 Å². The fourth-order valence-electron chi connectivity index (χ4n) is 3.33. The van der Waals surface area contributed by atoms with E-state index < -0.39 is 0 Å². The highest BCUT2D eigenvalue weighted by atomic mass is 16.5. The summed E-state index contributed by atoms with van der Waals surface area (Å²) < 4.78 is 15.1. The number of anilines is 1. The molecule has 154 valence electrons. The lowest BCUT2D eigenvalue weighted by molar-refractivity contribution is 0.249. The van der Waals surface area contributed by atoms with Crippen molar-refractivity contribution >= 4 is 5.69 Å². The topological polar surface area (TPSA) is 72.6 Å². The molecular weight excluding hydrogens is 358 g/mol. The van der Waals surface area contributed by atoms with Crippen LogP contribution in [0.5, 0.6) is 5.75 Å². The highest BCUT2D eigenvalue weighted by molar-refractivity contribution is 5.58. The molecule has 0 amide bonds. The van der Waals surface area contributed by atoms with Gasteiger partial charge in [0.2, 0.25) is 0 Å². The maximum absolute atomic E-state index is 12.0. The van der Waals surface area contributed by atoms with Crippen LogP contribution in [0.2, 0.25) is 0 Å². The number of rotatable bonds is 7. The maximum Gasteiger partial charge on any atom is 0.347 e. The molecule has 0 bridgehead atoms. The molecule has 0 unspecified atom stereocenters. The molecule has 2 heterocycles. The van der Waals surface area contributed by atoms with E-state index >= 15 is 0 Å². The normalized spacial score (nSPS) is 15.0. The van der Waals surface area contributed by atoms with Gasteiger partial charge in [0, 0.05) is 39.8 Å². The first-order valence-electron chi connectivity index (χ1n) is 9.92. The monoisotopic (exact) mass is 391 g/mol. The van der Waals surface area contributed by atoms with E-state index in [-0.39, 0.29) is 25.8 Å². The van der Waals surface area contributed by atoms with E-state index in [4.69, 9.17) is 6.11 Å². The van der Waals surface area contributed by atoms with Crippen molar-refractivity contribution in [1.29, 1.82) is 0 Å². The zero-order chi connectivity index (χ0) is 19.9. The van der Waals surface area contributed by atoms with Crippen molar-refractivity contribution in [3.8, 4) is 5.75 Å². The van der Waals surface area contributed by atoms with Crippen molar-refractivity contribution in [1.82, 2.24) is 19.2 Å². The lowest BCUT2D eigenvalue weighted by Gasteiger charge is -2.36. The summed E-state index contributed by atoms with van der Waals surface area (Å²) in [6.07, 6.45) is 2.99. The molecule has 2 aromatic rings. The van der Waals surface area contributed by atoms with Gasteiger partial charge in [-0.3, -0.25) is 14.3 Å². The van der Waals surface area contributed by atoms with Gasteiger partial charge < -0.3 is 9.64 Å². The summed E-state index contributed by atoms with van der Waals surface area (Å²) in [4.78, 5) is 28.0. The van der Waals surface area contributed by atoms with Crippen molar-refractivity contribution in [2.45, 2.75) is 26.8 Å². The number of methoxy groups -OCH3 is 1. The molecule has 3 rings (SSSR count).